The lowest BCUT2D eigenvalue weighted by Gasteiger charge is -2.18. The minimum absolute atomic E-state index is 0.0231. The molecule has 1 amide bonds. The third-order valence-electron chi connectivity index (χ3n) is 5.39. The van der Waals surface area contributed by atoms with Crippen molar-refractivity contribution >= 4 is 23.5 Å². The van der Waals surface area contributed by atoms with Crippen LogP contribution in [0.2, 0.25) is 5.02 Å². The van der Waals surface area contributed by atoms with Crippen LogP contribution in [0.3, 0.4) is 0 Å². The van der Waals surface area contributed by atoms with Crippen molar-refractivity contribution in [3.63, 3.8) is 0 Å². The molecule has 1 atom stereocenters. The van der Waals surface area contributed by atoms with Gasteiger partial charge in [0.1, 0.15) is 5.82 Å². The van der Waals surface area contributed by atoms with E-state index in [-0.39, 0.29) is 18.1 Å². The Hall–Kier alpha value is -3.19. The van der Waals surface area contributed by atoms with Gasteiger partial charge in [-0.2, -0.15) is 5.10 Å². The Balaban J connectivity index is 1.64. The molecule has 1 N–H and O–H groups in total. The summed E-state index contributed by atoms with van der Waals surface area (Å²) < 4.78 is 19.8. The Morgan fingerprint density at radius 2 is 1.87 bits per heavy atom. The third kappa shape index (κ3) is 4.46. The second-order valence-corrected chi connectivity index (χ2v) is 7.81. The highest BCUT2D eigenvalue weighted by Crippen LogP contribution is 2.29. The molecule has 2 aromatic carbocycles. The summed E-state index contributed by atoms with van der Waals surface area (Å²) in [7, 11) is 1.31. The number of carbonyl (C=O) groups is 2. The summed E-state index contributed by atoms with van der Waals surface area (Å²) in [5.74, 6) is -1.15. The number of carbonyl (C=O) groups excluding carboxylic acids is 2. The van der Waals surface area contributed by atoms with Crippen LogP contribution in [0, 0.1) is 5.82 Å². The van der Waals surface area contributed by atoms with Gasteiger partial charge in [-0.15, -0.1) is 0 Å². The van der Waals surface area contributed by atoms with Crippen molar-refractivity contribution in [3.05, 3.63) is 81.9 Å². The Bertz CT molecular complexity index is 1110. The molecule has 1 unspecified atom stereocenters. The molecule has 0 saturated carbocycles. The quantitative estimate of drug-likeness (QED) is 0.582. The number of hydrogen-bond acceptors (Lipinski definition) is 4. The molecular weight excluding hydrogens is 421 g/mol. The van der Waals surface area contributed by atoms with E-state index in [0.29, 0.717) is 16.4 Å². The molecule has 8 heteroatoms. The smallest absolute Gasteiger partial charge is 0.307 e. The van der Waals surface area contributed by atoms with E-state index in [9.17, 15) is 14.0 Å². The number of hydrogen-bond donors (Lipinski definition) is 1. The normalized spacial score (nSPS) is 13.5. The highest BCUT2D eigenvalue weighted by molar-refractivity contribution is 6.30. The van der Waals surface area contributed by atoms with Crippen LogP contribution in [0.1, 0.15) is 46.2 Å². The molecule has 0 saturated heterocycles. The van der Waals surface area contributed by atoms with E-state index in [2.05, 4.69) is 10.4 Å². The summed E-state index contributed by atoms with van der Waals surface area (Å²) in [4.78, 5) is 25.1. The Morgan fingerprint density at radius 1 is 1.16 bits per heavy atom. The summed E-state index contributed by atoms with van der Waals surface area (Å²) in [6.45, 7) is 0. The number of benzene rings is 2. The molecule has 0 fully saturated rings. The lowest BCUT2D eigenvalue weighted by Crippen LogP contribution is -2.31. The second-order valence-electron chi connectivity index (χ2n) is 7.37. The summed E-state index contributed by atoms with van der Waals surface area (Å²) in [6.07, 6.45) is 2.42. The summed E-state index contributed by atoms with van der Waals surface area (Å²) in [5, 5.41) is 8.01. The minimum Gasteiger partial charge on any atom is -0.469 e. The van der Waals surface area contributed by atoms with Crippen molar-refractivity contribution in [3.8, 4) is 5.69 Å². The van der Waals surface area contributed by atoms with Gasteiger partial charge in [-0.3, -0.25) is 9.59 Å². The first-order valence-electron chi connectivity index (χ1n) is 9.96. The molecule has 0 bridgehead atoms. The molecular formula is C23H21ClFN3O3. The molecule has 1 heterocycles. The predicted molar refractivity (Wildman–Crippen MR) is 114 cm³/mol. The zero-order valence-electron chi connectivity index (χ0n) is 16.9. The first kappa shape index (κ1) is 21.1. The van der Waals surface area contributed by atoms with E-state index in [1.165, 1.54) is 19.2 Å². The van der Waals surface area contributed by atoms with E-state index in [1.807, 2.05) is 0 Å². The van der Waals surface area contributed by atoms with Crippen molar-refractivity contribution in [1.82, 2.24) is 15.1 Å². The third-order valence-corrected chi connectivity index (χ3v) is 5.64. The fourth-order valence-electron chi connectivity index (χ4n) is 3.84. The van der Waals surface area contributed by atoms with Crippen LogP contribution in [0.15, 0.2) is 48.5 Å². The van der Waals surface area contributed by atoms with Gasteiger partial charge in [0.2, 0.25) is 0 Å². The first-order valence-corrected chi connectivity index (χ1v) is 10.3. The number of nitrogens with one attached hydrogen (secondary N) is 1. The average Bonchev–Trinajstić information content (AvgIpc) is 3.37. The highest BCUT2D eigenvalue weighted by atomic mass is 35.5. The van der Waals surface area contributed by atoms with Crippen LogP contribution in [0.25, 0.3) is 5.69 Å². The Labute approximate surface area is 184 Å². The van der Waals surface area contributed by atoms with Gasteiger partial charge in [-0.05, 0) is 61.2 Å². The molecule has 6 nitrogen and oxygen atoms in total. The monoisotopic (exact) mass is 441 g/mol. The van der Waals surface area contributed by atoms with Gasteiger partial charge in [-0.25, -0.2) is 9.07 Å². The van der Waals surface area contributed by atoms with Crippen molar-refractivity contribution < 1.29 is 18.7 Å². The van der Waals surface area contributed by atoms with E-state index in [4.69, 9.17) is 16.3 Å². The maximum atomic E-state index is 13.3. The topological polar surface area (TPSA) is 73.2 Å². The standard InChI is InChI=1S/C23H21ClFN3O3/c1-31-21(29)13-19(14-5-7-15(24)8-6-14)26-23(30)22-18-3-2-4-20(18)28(27-22)17-11-9-16(25)10-12-17/h5-12,19H,2-4,13H2,1H3,(H,26,30). The predicted octanol–water partition coefficient (Wildman–Crippen LogP) is 4.19. The molecule has 31 heavy (non-hydrogen) atoms. The molecule has 4 rings (SSSR count). The zero-order valence-corrected chi connectivity index (χ0v) is 17.7. The van der Waals surface area contributed by atoms with Crippen molar-refractivity contribution in [2.24, 2.45) is 0 Å². The lowest BCUT2D eigenvalue weighted by molar-refractivity contribution is -0.141. The van der Waals surface area contributed by atoms with Crippen molar-refractivity contribution in [1.29, 1.82) is 0 Å². The number of esters is 1. The van der Waals surface area contributed by atoms with Crippen LogP contribution in [0.5, 0.6) is 0 Å². The number of fused-ring (bicyclic) bond motifs is 1. The fraction of sp³-hybridized carbons (Fsp3) is 0.261. The van der Waals surface area contributed by atoms with E-state index in [1.54, 1.807) is 41.1 Å². The number of nitrogens with zero attached hydrogens (tertiary/aromatic N) is 2. The number of rotatable bonds is 6. The van der Waals surface area contributed by atoms with E-state index >= 15 is 0 Å². The molecule has 0 spiro atoms. The molecule has 0 radical (unpaired) electrons. The molecule has 160 valence electrons. The first-order chi connectivity index (χ1) is 15.0. The number of aromatic nitrogens is 2. The largest absolute Gasteiger partial charge is 0.469 e. The van der Waals surface area contributed by atoms with Crippen LogP contribution in [-0.4, -0.2) is 28.8 Å². The summed E-state index contributed by atoms with van der Waals surface area (Å²) >= 11 is 5.97. The fourth-order valence-corrected chi connectivity index (χ4v) is 3.97. The van der Waals surface area contributed by atoms with Gasteiger partial charge in [0.15, 0.2) is 5.69 Å². The van der Waals surface area contributed by atoms with Crippen LogP contribution in [-0.2, 0) is 22.4 Å². The van der Waals surface area contributed by atoms with Gasteiger partial charge in [0.05, 0.1) is 25.3 Å². The Kier molecular flexibility index (Phi) is 6.04. The molecule has 1 aliphatic carbocycles. The van der Waals surface area contributed by atoms with Gasteiger partial charge >= 0.3 is 5.97 Å². The number of methoxy groups -OCH3 is 1. The van der Waals surface area contributed by atoms with E-state index < -0.39 is 12.0 Å². The van der Waals surface area contributed by atoms with E-state index in [0.717, 1.165) is 36.1 Å². The molecule has 1 aromatic heterocycles. The van der Waals surface area contributed by atoms with Gasteiger partial charge in [0.25, 0.3) is 5.91 Å². The number of halogens is 2. The maximum absolute atomic E-state index is 13.3. The van der Waals surface area contributed by atoms with Crippen molar-refractivity contribution in [2.75, 3.05) is 7.11 Å². The minimum atomic E-state index is -0.592. The SMILES string of the molecule is COC(=O)CC(NC(=O)c1nn(-c2ccc(F)cc2)c2c1CCC2)c1ccc(Cl)cc1. The van der Waals surface area contributed by atoms with Gasteiger partial charge < -0.3 is 10.1 Å². The highest BCUT2D eigenvalue weighted by Gasteiger charge is 2.29. The lowest BCUT2D eigenvalue weighted by atomic mass is 10.0. The van der Waals surface area contributed by atoms with Crippen molar-refractivity contribution in [2.45, 2.75) is 31.7 Å². The molecule has 0 aliphatic heterocycles. The molecule has 3 aromatic rings. The zero-order chi connectivity index (χ0) is 22.0. The molecule has 1 aliphatic rings. The number of ether oxygens (including phenoxy) is 1. The average molecular weight is 442 g/mol. The van der Waals surface area contributed by atoms with Crippen LogP contribution in [0.4, 0.5) is 4.39 Å². The van der Waals surface area contributed by atoms with Gasteiger partial charge in [-0.1, -0.05) is 23.7 Å². The summed E-state index contributed by atoms with van der Waals surface area (Å²) in [6, 6.07) is 12.3. The summed E-state index contributed by atoms with van der Waals surface area (Å²) in [5.41, 5.74) is 3.59. The van der Waals surface area contributed by atoms with Gasteiger partial charge in [0, 0.05) is 16.3 Å². The van der Waals surface area contributed by atoms with Crippen LogP contribution < -0.4 is 5.32 Å². The number of amides is 1. The maximum Gasteiger partial charge on any atom is 0.307 e. The second kappa shape index (κ2) is 8.89. The van der Waals surface area contributed by atoms with Crippen LogP contribution >= 0.6 is 11.6 Å². The Morgan fingerprint density at radius 3 is 2.55 bits per heavy atom.